The van der Waals surface area contributed by atoms with E-state index in [1.54, 1.807) is 0 Å². The van der Waals surface area contributed by atoms with E-state index >= 15 is 0 Å². The van der Waals surface area contributed by atoms with Gasteiger partial charge in [-0.1, -0.05) is 71.7 Å². The lowest BCUT2D eigenvalue weighted by Crippen LogP contribution is -2.16. The second-order valence-electron chi connectivity index (χ2n) is 8.63. The number of ether oxygens (including phenoxy) is 1. The maximum absolute atomic E-state index is 13.1. The number of halogens is 2. The number of nitrogens with zero attached hydrogens (tertiary/aromatic N) is 1. The molecular weight excluding hydrogens is 495 g/mol. The van der Waals surface area contributed by atoms with Crippen LogP contribution in [0, 0.1) is 6.92 Å². The van der Waals surface area contributed by atoms with E-state index in [1.165, 1.54) is 6.33 Å². The van der Waals surface area contributed by atoms with Crippen molar-refractivity contribution >= 4 is 29.0 Å². The van der Waals surface area contributed by atoms with E-state index in [1.807, 2.05) is 67.6 Å². The van der Waals surface area contributed by atoms with Gasteiger partial charge in [0.05, 0.1) is 18.5 Å². The summed E-state index contributed by atoms with van der Waals surface area (Å²) in [7, 11) is 0. The highest BCUT2D eigenvalue weighted by molar-refractivity contribution is 6.30. The minimum absolute atomic E-state index is 0.0407. The average molecular weight is 521 g/mol. The van der Waals surface area contributed by atoms with Crippen molar-refractivity contribution in [3.8, 4) is 5.75 Å². The number of ketones is 1. The first-order chi connectivity index (χ1) is 17.4. The monoisotopic (exact) mass is 520 g/mol. The number of rotatable bonds is 10. The Labute approximate surface area is 220 Å². The zero-order valence-electron chi connectivity index (χ0n) is 19.8. The topological polar surface area (TPSA) is 72.0 Å². The van der Waals surface area contributed by atoms with Crippen LogP contribution in [0.3, 0.4) is 0 Å². The number of carbonyl (C=O) groups excluding carboxylic acids is 1. The van der Waals surface area contributed by atoms with Gasteiger partial charge in [0.25, 0.3) is 5.56 Å². The summed E-state index contributed by atoms with van der Waals surface area (Å²) in [6, 6.07) is 23.4. The van der Waals surface area contributed by atoms with E-state index in [4.69, 9.17) is 27.9 Å². The lowest BCUT2D eigenvalue weighted by atomic mass is 9.84. The Morgan fingerprint density at radius 1 is 1.03 bits per heavy atom. The van der Waals surface area contributed by atoms with E-state index in [9.17, 15) is 9.59 Å². The Hall–Kier alpha value is -3.41. The summed E-state index contributed by atoms with van der Waals surface area (Å²) < 4.78 is 5.75. The third-order valence-electron chi connectivity index (χ3n) is 6.08. The first-order valence-corrected chi connectivity index (χ1v) is 12.4. The number of H-pyrrole nitrogens is 1. The van der Waals surface area contributed by atoms with Crippen LogP contribution in [0.5, 0.6) is 5.75 Å². The molecule has 0 radical (unpaired) electrons. The first kappa shape index (κ1) is 25.7. The molecule has 0 aliphatic heterocycles. The SMILES string of the molecule is Cc1cc(Cl)ccc1C(CC(=O)Cc1ccc(OCCc2c(Cl)nc[nH]c2=O)cc1)c1ccccc1. The Kier molecular flexibility index (Phi) is 8.57. The lowest BCUT2D eigenvalue weighted by Gasteiger charge is -2.20. The van der Waals surface area contributed by atoms with Crippen LogP contribution in [-0.2, 0) is 17.6 Å². The molecule has 0 aliphatic rings. The van der Waals surface area contributed by atoms with Gasteiger partial charge >= 0.3 is 0 Å². The maximum atomic E-state index is 13.1. The van der Waals surface area contributed by atoms with Gasteiger partial charge in [0, 0.05) is 30.2 Å². The molecule has 5 nitrogen and oxygen atoms in total. The van der Waals surface area contributed by atoms with E-state index in [0.29, 0.717) is 35.6 Å². The van der Waals surface area contributed by atoms with E-state index in [0.717, 1.165) is 22.3 Å². The number of hydrogen-bond acceptors (Lipinski definition) is 4. The van der Waals surface area contributed by atoms with Gasteiger partial charge in [0.1, 0.15) is 16.7 Å². The molecule has 184 valence electrons. The van der Waals surface area contributed by atoms with Gasteiger partial charge in [-0.25, -0.2) is 4.98 Å². The number of hydrogen-bond donors (Lipinski definition) is 1. The fourth-order valence-corrected chi connectivity index (χ4v) is 4.70. The van der Waals surface area contributed by atoms with Crippen molar-refractivity contribution in [2.75, 3.05) is 6.61 Å². The van der Waals surface area contributed by atoms with Crippen LogP contribution in [0.25, 0.3) is 0 Å². The molecular formula is C29H26Cl2N2O3. The first-order valence-electron chi connectivity index (χ1n) is 11.7. The Morgan fingerprint density at radius 3 is 2.47 bits per heavy atom. The summed E-state index contributed by atoms with van der Waals surface area (Å²) in [5, 5.41) is 0.867. The van der Waals surface area contributed by atoms with Crippen LogP contribution >= 0.6 is 23.2 Å². The molecule has 4 rings (SSSR count). The van der Waals surface area contributed by atoms with Crippen molar-refractivity contribution in [2.45, 2.75) is 32.1 Å². The number of aromatic nitrogens is 2. The van der Waals surface area contributed by atoms with Crippen LogP contribution in [0.1, 0.15) is 40.2 Å². The number of nitrogens with one attached hydrogen (secondary N) is 1. The van der Waals surface area contributed by atoms with Gasteiger partial charge in [-0.3, -0.25) is 9.59 Å². The molecule has 1 heterocycles. The fraction of sp³-hybridized carbons (Fsp3) is 0.207. The Balaban J connectivity index is 1.39. The number of benzene rings is 3. The predicted octanol–water partition coefficient (Wildman–Crippen LogP) is 6.34. The highest BCUT2D eigenvalue weighted by Crippen LogP contribution is 2.32. The largest absolute Gasteiger partial charge is 0.493 e. The normalized spacial score (nSPS) is 11.8. The van der Waals surface area contributed by atoms with Crippen LogP contribution in [0.4, 0.5) is 0 Å². The molecule has 7 heteroatoms. The molecule has 1 N–H and O–H groups in total. The molecule has 0 aliphatic carbocycles. The van der Waals surface area contributed by atoms with Gasteiger partial charge < -0.3 is 9.72 Å². The quantitative estimate of drug-likeness (QED) is 0.247. The van der Waals surface area contributed by atoms with E-state index < -0.39 is 0 Å². The van der Waals surface area contributed by atoms with Crippen molar-refractivity contribution < 1.29 is 9.53 Å². The molecule has 3 aromatic carbocycles. The summed E-state index contributed by atoms with van der Waals surface area (Å²) in [5.41, 5.74) is 4.32. The fourth-order valence-electron chi connectivity index (χ4n) is 4.25. The average Bonchev–Trinajstić information content (AvgIpc) is 2.86. The molecule has 0 saturated heterocycles. The number of aromatic amines is 1. The summed E-state index contributed by atoms with van der Waals surface area (Å²) in [5.74, 6) is 0.764. The molecule has 1 unspecified atom stereocenters. The highest BCUT2D eigenvalue weighted by Gasteiger charge is 2.20. The van der Waals surface area contributed by atoms with Gasteiger partial charge in [0.2, 0.25) is 0 Å². The third-order valence-corrected chi connectivity index (χ3v) is 6.64. The van der Waals surface area contributed by atoms with Crippen molar-refractivity contribution in [1.29, 1.82) is 0 Å². The van der Waals surface area contributed by atoms with E-state index in [2.05, 4.69) is 22.1 Å². The molecule has 0 amide bonds. The number of carbonyl (C=O) groups is 1. The molecule has 4 aromatic rings. The van der Waals surface area contributed by atoms with Crippen molar-refractivity contribution in [3.05, 3.63) is 127 Å². The predicted molar refractivity (Wildman–Crippen MR) is 143 cm³/mol. The summed E-state index contributed by atoms with van der Waals surface area (Å²) >= 11 is 12.2. The zero-order valence-corrected chi connectivity index (χ0v) is 21.4. The van der Waals surface area contributed by atoms with Gasteiger partial charge in [-0.15, -0.1) is 0 Å². The van der Waals surface area contributed by atoms with Gasteiger partial charge in [-0.05, 0) is 53.4 Å². The molecule has 1 atom stereocenters. The maximum Gasteiger partial charge on any atom is 0.255 e. The Bertz CT molecular complexity index is 1390. The van der Waals surface area contributed by atoms with Gasteiger partial charge in [-0.2, -0.15) is 0 Å². The molecule has 36 heavy (non-hydrogen) atoms. The summed E-state index contributed by atoms with van der Waals surface area (Å²) in [4.78, 5) is 31.4. The molecule has 0 fully saturated rings. The van der Waals surface area contributed by atoms with E-state index in [-0.39, 0.29) is 29.0 Å². The number of aryl methyl sites for hydroxylation is 1. The minimum Gasteiger partial charge on any atom is -0.493 e. The van der Waals surface area contributed by atoms with Gasteiger partial charge in [0.15, 0.2) is 0 Å². The zero-order chi connectivity index (χ0) is 25.5. The third kappa shape index (κ3) is 6.62. The second-order valence-corrected chi connectivity index (χ2v) is 9.42. The summed E-state index contributed by atoms with van der Waals surface area (Å²) in [6.45, 7) is 2.31. The second kappa shape index (κ2) is 12.0. The lowest BCUT2D eigenvalue weighted by molar-refractivity contribution is -0.118. The minimum atomic E-state index is -0.268. The molecule has 0 bridgehead atoms. The molecule has 1 aromatic heterocycles. The van der Waals surface area contributed by atoms with Crippen LogP contribution < -0.4 is 10.3 Å². The van der Waals surface area contributed by atoms with Crippen LogP contribution in [-0.4, -0.2) is 22.4 Å². The van der Waals surface area contributed by atoms with Crippen molar-refractivity contribution in [3.63, 3.8) is 0 Å². The smallest absolute Gasteiger partial charge is 0.255 e. The highest BCUT2D eigenvalue weighted by atomic mass is 35.5. The standard InChI is InChI=1S/C29H26Cl2N2O3/c1-19-15-22(30)9-12-25(19)27(21-5-3-2-4-6-21)17-23(34)16-20-7-10-24(11-8-20)36-14-13-26-28(31)32-18-33-29(26)35/h2-12,15,18,27H,13-14,16-17H2,1H3,(H,32,33,35). The Morgan fingerprint density at radius 2 is 1.78 bits per heavy atom. The molecule has 0 spiro atoms. The summed E-state index contributed by atoms with van der Waals surface area (Å²) in [6.07, 6.45) is 2.34. The molecule has 0 saturated carbocycles. The number of Topliss-reactive ketones (excluding diaryl/α,β-unsaturated/α-hetero) is 1. The van der Waals surface area contributed by atoms with Crippen LogP contribution in [0.15, 0.2) is 83.9 Å². The van der Waals surface area contributed by atoms with Crippen molar-refractivity contribution in [1.82, 2.24) is 9.97 Å². The van der Waals surface area contributed by atoms with Crippen LogP contribution in [0.2, 0.25) is 10.2 Å². The van der Waals surface area contributed by atoms with Crippen molar-refractivity contribution in [2.24, 2.45) is 0 Å².